The number of carbonyl (C=O) groups excluding carboxylic acids is 2. The van der Waals surface area contributed by atoms with E-state index in [0.29, 0.717) is 47.9 Å². The second kappa shape index (κ2) is 39.1. The summed E-state index contributed by atoms with van der Waals surface area (Å²) in [6.07, 6.45) is 13.3. The van der Waals surface area contributed by atoms with E-state index in [1.165, 1.54) is 44.9 Å². The van der Waals surface area contributed by atoms with Gasteiger partial charge in [0.1, 0.15) is 12.6 Å². The lowest BCUT2D eigenvalue weighted by molar-refractivity contribution is -0.138. The van der Waals surface area contributed by atoms with Crippen molar-refractivity contribution in [3.63, 3.8) is 0 Å². The second-order valence-corrected chi connectivity index (χ2v) is 12.9. The van der Waals surface area contributed by atoms with Gasteiger partial charge in [0.25, 0.3) is 0 Å². The van der Waals surface area contributed by atoms with Crippen molar-refractivity contribution in [1.82, 2.24) is 26.0 Å². The number of aliphatic hydroxyl groups is 1. The van der Waals surface area contributed by atoms with E-state index in [1.54, 1.807) is 25.1 Å². The molecule has 1 aromatic carbocycles. The summed E-state index contributed by atoms with van der Waals surface area (Å²) in [5, 5.41) is 34.6. The average molecular weight is 788 g/mol. The van der Waals surface area contributed by atoms with Crippen LogP contribution in [0, 0.1) is 5.92 Å². The van der Waals surface area contributed by atoms with Crippen LogP contribution in [0.1, 0.15) is 124 Å². The van der Waals surface area contributed by atoms with E-state index in [-0.39, 0.29) is 44.1 Å². The van der Waals surface area contributed by atoms with Gasteiger partial charge in [0, 0.05) is 50.0 Å². The summed E-state index contributed by atoms with van der Waals surface area (Å²) in [7, 11) is 1.00. The van der Waals surface area contributed by atoms with Crippen LogP contribution < -0.4 is 16.2 Å². The minimum Gasteiger partial charge on any atom is -0.481 e. The lowest BCUT2D eigenvalue weighted by Gasteiger charge is -2.26. The number of aliphatic carboxylic acids is 2. The van der Waals surface area contributed by atoms with Crippen molar-refractivity contribution in [3.8, 4) is 0 Å². The molecule has 0 aliphatic carbocycles. The van der Waals surface area contributed by atoms with Gasteiger partial charge >= 0.3 is 11.9 Å². The largest absolute Gasteiger partial charge is 0.481 e. The number of unbranched alkanes of at least 4 members (excludes halogenated alkanes) is 3. The molecule has 0 fully saturated rings. The standard InChI is InChI=1S/C21H32FN7O3S.C10H22.C3H6O2.C3H6O.CH4O/c1-3-7-28(9-10-29(8-4-2)14-20(31)32)13-19(30)23-12-17-11-16(5-6-18(17)33-22)21-26-24-15-25-27-21;1-4-6-7-8-9-10(3)5-2;1-2-3(4)5;1-2-3-4;1-2/h5-6,11,15H,3-4,7-10,12-14H2,1-2H3,(H,23,30)(H,24,25)(H,26,27)(H,31,32);10H,4-9H2,1-3H3;2H2,1H3,(H,4,5);3H,2H2,1H3;2H,1H3. The van der Waals surface area contributed by atoms with E-state index in [4.69, 9.17) is 15.3 Å². The Kier molecular flexibility index (Phi) is 39.6. The predicted octanol–water partition coefficient (Wildman–Crippen LogP) is 6.27. The fraction of sp³-hybridized carbons (Fsp3) is 0.684. The molecule has 1 aliphatic rings. The third-order valence-electron chi connectivity index (χ3n) is 7.62. The number of hydrazone groups is 2. The van der Waals surface area contributed by atoms with Crippen LogP contribution in [0.3, 0.4) is 0 Å². The number of hydrogen-bond acceptors (Lipinski definition) is 12. The van der Waals surface area contributed by atoms with Gasteiger partial charge < -0.3 is 25.4 Å². The number of rotatable bonds is 23. The third-order valence-corrected chi connectivity index (χ3v) is 8.18. The third kappa shape index (κ3) is 31.9. The molecule has 54 heavy (non-hydrogen) atoms. The molecule has 1 atom stereocenters. The topological polar surface area (TPSA) is 196 Å². The molecule has 0 saturated heterocycles. The summed E-state index contributed by atoms with van der Waals surface area (Å²) in [6, 6.07) is 5.12. The van der Waals surface area contributed by atoms with Gasteiger partial charge in [-0.2, -0.15) is 14.1 Å². The van der Waals surface area contributed by atoms with Crippen LogP contribution in [-0.4, -0.2) is 108 Å². The van der Waals surface area contributed by atoms with Gasteiger partial charge in [-0.15, -0.1) is 0 Å². The van der Waals surface area contributed by atoms with Crippen LogP contribution >= 0.6 is 12.1 Å². The maximum Gasteiger partial charge on any atom is 0.317 e. The number of carboxylic acids is 2. The zero-order chi connectivity index (χ0) is 41.6. The molecule has 0 radical (unpaired) electrons. The Labute approximate surface area is 328 Å². The van der Waals surface area contributed by atoms with E-state index in [2.05, 4.69) is 47.1 Å². The summed E-state index contributed by atoms with van der Waals surface area (Å²) in [5.74, 6) is -0.332. The average Bonchev–Trinajstić information content (AvgIpc) is 3.19. The van der Waals surface area contributed by atoms with E-state index >= 15 is 0 Å². The molecule has 1 unspecified atom stereocenters. The number of carboxylic acid groups (broad SMARTS) is 2. The molecule has 0 bridgehead atoms. The van der Waals surface area contributed by atoms with E-state index in [0.717, 1.165) is 38.7 Å². The maximum atomic E-state index is 13.4. The Morgan fingerprint density at radius 2 is 1.50 bits per heavy atom. The molecule has 1 aliphatic heterocycles. The van der Waals surface area contributed by atoms with Crippen LogP contribution in [0.25, 0.3) is 0 Å². The van der Waals surface area contributed by atoms with Gasteiger partial charge in [-0.3, -0.25) is 35.0 Å². The van der Waals surface area contributed by atoms with Gasteiger partial charge in [0.2, 0.25) is 5.91 Å². The summed E-state index contributed by atoms with van der Waals surface area (Å²) >= 11 is 0.124. The number of halogens is 1. The second-order valence-electron chi connectivity index (χ2n) is 12.3. The van der Waals surface area contributed by atoms with Crippen molar-refractivity contribution < 1.29 is 38.4 Å². The van der Waals surface area contributed by atoms with Crippen molar-refractivity contribution in [2.45, 2.75) is 124 Å². The van der Waals surface area contributed by atoms with Gasteiger partial charge in [-0.25, -0.2) is 0 Å². The Morgan fingerprint density at radius 3 is 1.94 bits per heavy atom. The lowest BCUT2D eigenvalue weighted by Crippen LogP contribution is -2.42. The number of nitrogens with one attached hydrogen (secondary N) is 3. The highest BCUT2D eigenvalue weighted by Gasteiger charge is 2.16. The molecule has 0 saturated carbocycles. The van der Waals surface area contributed by atoms with Crippen molar-refractivity contribution in [1.29, 1.82) is 0 Å². The smallest absolute Gasteiger partial charge is 0.317 e. The van der Waals surface area contributed by atoms with Gasteiger partial charge in [-0.1, -0.05) is 87.0 Å². The number of aliphatic hydroxyl groups excluding tert-OH is 1. The van der Waals surface area contributed by atoms with E-state index in [9.17, 15) is 23.1 Å². The molecule has 312 valence electrons. The number of aldehydes is 1. The maximum absolute atomic E-state index is 13.4. The first-order valence-electron chi connectivity index (χ1n) is 19.0. The molecule has 1 heterocycles. The normalized spacial score (nSPS) is 11.7. The Bertz CT molecular complexity index is 1180. The first-order valence-corrected chi connectivity index (χ1v) is 19.7. The van der Waals surface area contributed by atoms with Crippen LogP contribution in [-0.2, 0) is 25.7 Å². The summed E-state index contributed by atoms with van der Waals surface area (Å²) in [6.45, 7) is 17.3. The molecule has 1 aromatic rings. The molecule has 2 rings (SSSR count). The van der Waals surface area contributed by atoms with Gasteiger partial charge in [0.15, 0.2) is 5.84 Å². The minimum atomic E-state index is -0.857. The summed E-state index contributed by atoms with van der Waals surface area (Å²) < 4.78 is 13.4. The van der Waals surface area contributed by atoms with Gasteiger partial charge in [0.05, 0.1) is 25.2 Å². The van der Waals surface area contributed by atoms with Crippen LogP contribution in [0.2, 0.25) is 0 Å². The number of amidine groups is 1. The van der Waals surface area contributed by atoms with Crippen LogP contribution in [0.15, 0.2) is 33.3 Å². The number of amides is 1. The predicted molar refractivity (Wildman–Crippen MR) is 218 cm³/mol. The number of hydrogen-bond donors (Lipinski definition) is 6. The van der Waals surface area contributed by atoms with Gasteiger partial charge in [-0.05, 0) is 55.6 Å². The zero-order valence-electron chi connectivity index (χ0n) is 34.0. The highest BCUT2D eigenvalue weighted by atomic mass is 32.2. The molecule has 0 spiro atoms. The lowest BCUT2D eigenvalue weighted by atomic mass is 10.0. The molecule has 16 heteroatoms. The van der Waals surface area contributed by atoms with Crippen molar-refractivity contribution in [3.05, 3.63) is 29.3 Å². The number of benzene rings is 1. The first kappa shape index (κ1) is 54.7. The van der Waals surface area contributed by atoms with E-state index < -0.39 is 11.9 Å². The van der Waals surface area contributed by atoms with Crippen LogP contribution in [0.5, 0.6) is 0 Å². The van der Waals surface area contributed by atoms with Crippen molar-refractivity contribution in [2.75, 3.05) is 46.4 Å². The molecule has 0 aromatic heterocycles. The Morgan fingerprint density at radius 1 is 0.907 bits per heavy atom. The first-order chi connectivity index (χ1) is 26.0. The molecule has 1 amide bonds. The fourth-order valence-corrected chi connectivity index (χ4v) is 4.88. The molecular formula is C38H70FN7O7S. The highest BCUT2D eigenvalue weighted by Crippen LogP contribution is 2.25. The quantitative estimate of drug-likeness (QED) is 0.0538. The SMILES string of the molecule is CCC(=O)O.CCC=O.CCCCCCC(C)CC.CCCN(CCN(CCC)CC(=O)NCc1cc(C2=NNC=NN2)ccc1SF)CC(=O)O.CO. The van der Waals surface area contributed by atoms with Crippen molar-refractivity contribution in [2.24, 2.45) is 16.1 Å². The zero-order valence-corrected chi connectivity index (χ0v) is 34.9. The van der Waals surface area contributed by atoms with E-state index in [1.807, 2.05) is 30.6 Å². The summed E-state index contributed by atoms with van der Waals surface area (Å²) in [4.78, 5) is 46.5. The Hall–Kier alpha value is -3.60. The highest BCUT2D eigenvalue weighted by molar-refractivity contribution is 7.94. The number of carbonyl (C=O) groups is 4. The van der Waals surface area contributed by atoms with Crippen LogP contribution in [0.4, 0.5) is 3.89 Å². The monoisotopic (exact) mass is 788 g/mol. The number of nitrogens with zero attached hydrogens (tertiary/aromatic N) is 4. The van der Waals surface area contributed by atoms with Crippen molar-refractivity contribution >= 4 is 48.5 Å². The Balaban J connectivity index is -0.00000101. The molecular weight excluding hydrogens is 718 g/mol. The molecule has 6 N–H and O–H groups in total. The summed E-state index contributed by atoms with van der Waals surface area (Å²) in [5.41, 5.74) is 6.76. The minimum absolute atomic E-state index is 0.0129. The fourth-order valence-electron chi connectivity index (χ4n) is 4.53. The molecule has 14 nitrogen and oxygen atoms in total.